The van der Waals surface area contributed by atoms with E-state index in [9.17, 15) is 19.2 Å². The average molecular weight is 815 g/mol. The number of rotatable bonds is 13. The predicted molar refractivity (Wildman–Crippen MR) is 219 cm³/mol. The molecule has 4 unspecified atom stereocenters. The Balaban J connectivity index is 1.23. The highest BCUT2D eigenvalue weighted by atomic mass is 19.1. The molecule has 0 bridgehead atoms. The zero-order valence-electron chi connectivity index (χ0n) is 34.6. The van der Waals surface area contributed by atoms with Gasteiger partial charge in [0.2, 0.25) is 11.8 Å². The van der Waals surface area contributed by atoms with E-state index in [1.165, 1.54) is 26.4 Å². The summed E-state index contributed by atoms with van der Waals surface area (Å²) in [6.07, 6.45) is 0.668. The highest BCUT2D eigenvalue weighted by molar-refractivity contribution is 5.88. The van der Waals surface area contributed by atoms with Crippen molar-refractivity contribution in [3.05, 3.63) is 71.8 Å². The molecule has 59 heavy (non-hydrogen) atoms. The van der Waals surface area contributed by atoms with Crippen molar-refractivity contribution in [3.63, 3.8) is 0 Å². The molecule has 14 nitrogen and oxygen atoms in total. The zero-order chi connectivity index (χ0) is 42.7. The maximum absolute atomic E-state index is 15.7. The van der Waals surface area contributed by atoms with Crippen molar-refractivity contribution in [3.8, 4) is 22.3 Å². The van der Waals surface area contributed by atoms with Gasteiger partial charge in [0, 0.05) is 36.3 Å². The van der Waals surface area contributed by atoms with Crippen LogP contribution in [0.15, 0.2) is 48.5 Å². The Kier molecular flexibility index (Phi) is 12.9. The minimum Gasteiger partial charge on any atom is -0.453 e. The number of carbonyl (C=O) groups is 4. The number of fused-ring (bicyclic) bond motifs is 2. The van der Waals surface area contributed by atoms with Crippen molar-refractivity contribution in [2.24, 2.45) is 11.8 Å². The number of H-pyrrole nitrogens is 2. The quantitative estimate of drug-likeness (QED) is 0.0933. The molecule has 1 aliphatic heterocycles. The van der Waals surface area contributed by atoms with Crippen LogP contribution in [0, 0.1) is 23.5 Å². The Labute approximate surface area is 341 Å². The minimum atomic E-state index is -0.818. The number of nitrogens with zero attached hydrogens (tertiary/aromatic N) is 4. The van der Waals surface area contributed by atoms with Crippen LogP contribution >= 0.6 is 0 Å². The van der Waals surface area contributed by atoms with Gasteiger partial charge in [-0.25, -0.2) is 28.3 Å². The number of aromatic nitrogens is 4. The molecule has 4 amide bonds. The number of halogens is 2. The summed E-state index contributed by atoms with van der Waals surface area (Å²) in [4.78, 5) is 70.6. The van der Waals surface area contributed by atoms with Crippen molar-refractivity contribution in [1.29, 1.82) is 0 Å². The number of aromatic amines is 2. The molecular weight excluding hydrogens is 763 g/mol. The van der Waals surface area contributed by atoms with Crippen LogP contribution in [-0.4, -0.2) is 93.1 Å². The first kappa shape index (κ1) is 42.5. The van der Waals surface area contributed by atoms with Crippen molar-refractivity contribution in [2.75, 3.05) is 27.3 Å². The third-order valence-corrected chi connectivity index (χ3v) is 10.9. The van der Waals surface area contributed by atoms with Gasteiger partial charge in [-0.3, -0.25) is 9.59 Å². The van der Waals surface area contributed by atoms with Crippen molar-refractivity contribution in [2.45, 2.75) is 85.0 Å². The molecule has 5 aromatic rings. The fourth-order valence-corrected chi connectivity index (χ4v) is 7.68. The van der Waals surface area contributed by atoms with Crippen molar-refractivity contribution in [1.82, 2.24) is 40.4 Å². The topological polar surface area (TPSA) is 175 Å². The molecule has 3 aromatic carbocycles. The molecule has 0 radical (unpaired) electrons. The Bertz CT molecular complexity index is 2340. The van der Waals surface area contributed by atoms with E-state index in [1.807, 2.05) is 41.5 Å². The summed E-state index contributed by atoms with van der Waals surface area (Å²) < 4.78 is 40.9. The van der Waals surface area contributed by atoms with E-state index in [4.69, 9.17) is 19.4 Å². The van der Waals surface area contributed by atoms with Crippen molar-refractivity contribution >= 4 is 46.1 Å². The normalized spacial score (nSPS) is 15.7. The van der Waals surface area contributed by atoms with Gasteiger partial charge >= 0.3 is 12.2 Å². The molecule has 4 N–H and O–H groups in total. The average Bonchev–Trinajstić information content (AvgIpc) is 3.97. The second kappa shape index (κ2) is 17.8. The van der Waals surface area contributed by atoms with Gasteiger partial charge in [0.1, 0.15) is 35.4 Å². The molecule has 6 rings (SSSR count). The van der Waals surface area contributed by atoms with E-state index >= 15 is 8.78 Å². The first-order chi connectivity index (χ1) is 28.1. The number of hydrogen-bond donors (Lipinski definition) is 4. The standard InChI is InChI=1S/C43H52F2N8O6/c1-9-16-52(40(54)36(22(2)3)50-42(56)58-7)24(6)38-46-31-18-27(29(44)20-33(31)47-38)25-12-14-26(15-13-25)28-19-32-34(21-30(28)45)49-39(48-32)35-11-10-17-53(35)41(55)37(23(4)5)51-43(57)59-8/h12-15,18-24,35-37H,9-11,16-17H2,1-8H3,(H,46,47)(H,48,49)(H,50,56)(H,51,57). The van der Waals surface area contributed by atoms with E-state index in [2.05, 4.69) is 20.6 Å². The molecule has 0 aliphatic carbocycles. The van der Waals surface area contributed by atoms with Crippen LogP contribution in [0.4, 0.5) is 18.4 Å². The maximum atomic E-state index is 15.7. The second-order valence-corrected chi connectivity index (χ2v) is 15.6. The summed E-state index contributed by atoms with van der Waals surface area (Å²) in [5.74, 6) is -0.902. The van der Waals surface area contributed by atoms with E-state index in [-0.39, 0.29) is 29.7 Å². The summed E-state index contributed by atoms with van der Waals surface area (Å²) in [6, 6.07) is 10.4. The predicted octanol–water partition coefficient (Wildman–Crippen LogP) is 7.78. The van der Waals surface area contributed by atoms with Gasteiger partial charge in [-0.1, -0.05) is 58.9 Å². The third kappa shape index (κ3) is 8.86. The molecule has 1 fully saturated rings. The van der Waals surface area contributed by atoms with Crippen LogP contribution in [0.5, 0.6) is 0 Å². The maximum Gasteiger partial charge on any atom is 0.407 e. The lowest BCUT2D eigenvalue weighted by molar-refractivity contribution is -0.137. The van der Waals surface area contributed by atoms with Crippen molar-refractivity contribution < 1.29 is 37.4 Å². The molecule has 4 atom stereocenters. The number of nitrogens with one attached hydrogen (secondary N) is 4. The second-order valence-electron chi connectivity index (χ2n) is 15.6. The lowest BCUT2D eigenvalue weighted by Gasteiger charge is -2.32. The minimum absolute atomic E-state index is 0.184. The number of alkyl carbamates (subject to hydrolysis) is 2. The van der Waals surface area contributed by atoms with E-state index < -0.39 is 41.9 Å². The molecule has 1 aliphatic rings. The zero-order valence-corrected chi connectivity index (χ0v) is 34.6. The van der Waals surface area contributed by atoms with Gasteiger partial charge in [0.25, 0.3) is 0 Å². The number of methoxy groups -OCH3 is 2. The van der Waals surface area contributed by atoms with E-state index in [0.717, 1.165) is 6.42 Å². The van der Waals surface area contributed by atoms with Crippen LogP contribution in [0.3, 0.4) is 0 Å². The fourth-order valence-electron chi connectivity index (χ4n) is 7.68. The monoisotopic (exact) mass is 814 g/mol. The molecule has 0 spiro atoms. The summed E-state index contributed by atoms with van der Waals surface area (Å²) in [5, 5.41) is 5.29. The van der Waals surface area contributed by atoms with Crippen LogP contribution in [-0.2, 0) is 19.1 Å². The van der Waals surface area contributed by atoms with Gasteiger partial charge in [0.05, 0.1) is 48.4 Å². The molecule has 3 heterocycles. The number of likely N-dealkylation sites (tertiary alicyclic amines) is 1. The van der Waals surface area contributed by atoms with E-state index in [0.29, 0.717) is 81.9 Å². The van der Waals surface area contributed by atoms with Crippen LogP contribution in [0.2, 0.25) is 0 Å². The molecule has 0 saturated carbocycles. The number of carbonyl (C=O) groups excluding carboxylic acids is 4. The number of ether oxygens (including phenoxy) is 2. The molecule has 16 heteroatoms. The molecule has 314 valence electrons. The fraction of sp³-hybridized carbons (Fsp3) is 0.442. The number of amides is 4. The Morgan fingerprint density at radius 1 is 0.814 bits per heavy atom. The van der Waals surface area contributed by atoms with Gasteiger partial charge in [-0.15, -0.1) is 0 Å². The van der Waals surface area contributed by atoms with E-state index in [1.54, 1.807) is 46.2 Å². The highest BCUT2D eigenvalue weighted by Crippen LogP contribution is 2.36. The third-order valence-electron chi connectivity index (χ3n) is 10.9. The lowest BCUT2D eigenvalue weighted by Crippen LogP contribution is -2.52. The van der Waals surface area contributed by atoms with Crippen LogP contribution in [0.25, 0.3) is 44.3 Å². The Morgan fingerprint density at radius 3 is 1.86 bits per heavy atom. The first-order valence-electron chi connectivity index (χ1n) is 19.9. The molecule has 2 aromatic heterocycles. The number of imidazole rings is 2. The van der Waals surface area contributed by atoms with Gasteiger partial charge in [-0.2, -0.15) is 0 Å². The number of hydrogen-bond acceptors (Lipinski definition) is 8. The SMILES string of the molecule is CCCN(C(=O)C(NC(=O)OC)C(C)C)C(C)c1nc2cc(-c3ccc(-c4cc5nc(C6CCCN6C(=O)C(NC(=O)OC)C(C)C)[nH]c5cc4F)cc3)c(F)cc2[nH]1. The lowest BCUT2D eigenvalue weighted by atomic mass is 9.99. The Hall–Kier alpha value is -6.06. The van der Waals surface area contributed by atoms with Crippen LogP contribution < -0.4 is 10.6 Å². The first-order valence-corrected chi connectivity index (χ1v) is 19.9. The molecular formula is C43H52F2N8O6. The van der Waals surface area contributed by atoms with Crippen LogP contribution in [0.1, 0.15) is 84.5 Å². The van der Waals surface area contributed by atoms with Gasteiger partial charge in [0.15, 0.2) is 0 Å². The smallest absolute Gasteiger partial charge is 0.407 e. The Morgan fingerprint density at radius 2 is 1.34 bits per heavy atom. The van der Waals surface area contributed by atoms with Gasteiger partial charge in [-0.05, 0) is 61.3 Å². The highest BCUT2D eigenvalue weighted by Gasteiger charge is 2.38. The van der Waals surface area contributed by atoms with Gasteiger partial charge < -0.3 is 39.9 Å². The summed E-state index contributed by atoms with van der Waals surface area (Å²) in [5.41, 5.74) is 3.66. The summed E-state index contributed by atoms with van der Waals surface area (Å²) >= 11 is 0. The summed E-state index contributed by atoms with van der Waals surface area (Å²) in [6.45, 7) is 12.0. The largest absolute Gasteiger partial charge is 0.453 e. The summed E-state index contributed by atoms with van der Waals surface area (Å²) in [7, 11) is 2.49. The number of benzene rings is 3. The molecule has 1 saturated heterocycles.